The fraction of sp³-hybridized carbons (Fsp3) is 0.842. The van der Waals surface area contributed by atoms with Crippen molar-refractivity contribution in [1.29, 1.82) is 0 Å². The number of nitrogens with zero attached hydrogens (tertiary/aromatic N) is 2. The van der Waals surface area contributed by atoms with Gasteiger partial charge in [-0.2, -0.15) is 0 Å². The lowest BCUT2D eigenvalue weighted by molar-refractivity contribution is -0.141. The Hall–Kier alpha value is -1.28. The number of carboxylic acids is 1. The number of thioether (sulfide) groups is 1. The van der Waals surface area contributed by atoms with Crippen molar-refractivity contribution in [2.75, 3.05) is 24.7 Å². The number of hydrogen-bond donors (Lipinski definition) is 2. The van der Waals surface area contributed by atoms with Crippen LogP contribution >= 0.6 is 11.8 Å². The molecular formula is C19H31N3O4S. The molecule has 27 heavy (non-hydrogen) atoms. The predicted molar refractivity (Wildman–Crippen MR) is 104 cm³/mol. The third-order valence-corrected chi connectivity index (χ3v) is 7.02. The zero-order valence-electron chi connectivity index (χ0n) is 16.2. The van der Waals surface area contributed by atoms with Crippen LogP contribution in [0.3, 0.4) is 0 Å². The Morgan fingerprint density at radius 1 is 1.30 bits per heavy atom. The van der Waals surface area contributed by atoms with Crippen LogP contribution in [0.2, 0.25) is 0 Å². The molecule has 2 amide bonds. The van der Waals surface area contributed by atoms with Crippen molar-refractivity contribution in [2.45, 2.75) is 64.1 Å². The molecule has 2 aliphatic carbocycles. The molecule has 1 aliphatic heterocycles. The highest BCUT2D eigenvalue weighted by Crippen LogP contribution is 2.34. The van der Waals surface area contributed by atoms with Gasteiger partial charge in [0.1, 0.15) is 6.04 Å². The van der Waals surface area contributed by atoms with Crippen molar-refractivity contribution < 1.29 is 19.5 Å². The summed E-state index contributed by atoms with van der Waals surface area (Å²) in [5.74, 6) is 1.04. The van der Waals surface area contributed by atoms with Gasteiger partial charge in [-0.1, -0.05) is 13.8 Å². The van der Waals surface area contributed by atoms with Gasteiger partial charge < -0.3 is 15.3 Å². The summed E-state index contributed by atoms with van der Waals surface area (Å²) in [6.45, 7) is 4.83. The van der Waals surface area contributed by atoms with Crippen LogP contribution in [0.25, 0.3) is 0 Å². The molecule has 7 nitrogen and oxygen atoms in total. The van der Waals surface area contributed by atoms with Crippen LogP contribution in [-0.2, 0) is 14.4 Å². The van der Waals surface area contributed by atoms with E-state index in [4.69, 9.17) is 5.11 Å². The van der Waals surface area contributed by atoms with Gasteiger partial charge in [0.15, 0.2) is 0 Å². The lowest BCUT2D eigenvalue weighted by Crippen LogP contribution is -2.58. The monoisotopic (exact) mass is 397 g/mol. The summed E-state index contributed by atoms with van der Waals surface area (Å²) in [5.41, 5.74) is 0. The summed E-state index contributed by atoms with van der Waals surface area (Å²) in [5, 5.41) is 12.2. The zero-order valence-corrected chi connectivity index (χ0v) is 17.0. The van der Waals surface area contributed by atoms with Crippen molar-refractivity contribution in [3.63, 3.8) is 0 Å². The Kier molecular flexibility index (Phi) is 6.68. The molecule has 0 bridgehead atoms. The minimum atomic E-state index is -0.787. The molecule has 2 atom stereocenters. The van der Waals surface area contributed by atoms with E-state index in [1.165, 1.54) is 12.8 Å². The Morgan fingerprint density at radius 2 is 2.00 bits per heavy atom. The highest BCUT2D eigenvalue weighted by atomic mass is 32.2. The summed E-state index contributed by atoms with van der Waals surface area (Å²) >= 11 is 1.62. The topological polar surface area (TPSA) is 90.0 Å². The third kappa shape index (κ3) is 5.16. The van der Waals surface area contributed by atoms with E-state index in [9.17, 15) is 14.4 Å². The van der Waals surface area contributed by atoms with Crippen LogP contribution in [0.4, 0.5) is 0 Å². The van der Waals surface area contributed by atoms with E-state index in [0.717, 1.165) is 25.8 Å². The second-order valence-corrected chi connectivity index (χ2v) is 9.23. The van der Waals surface area contributed by atoms with Gasteiger partial charge in [-0.05, 0) is 38.0 Å². The molecule has 0 aromatic heterocycles. The average Bonchev–Trinajstić information content (AvgIpc) is 3.27. The van der Waals surface area contributed by atoms with E-state index in [1.807, 2.05) is 13.8 Å². The first-order chi connectivity index (χ1) is 12.9. The smallest absolute Gasteiger partial charge is 0.317 e. The van der Waals surface area contributed by atoms with Gasteiger partial charge in [0.25, 0.3) is 0 Å². The zero-order chi connectivity index (χ0) is 19.6. The standard InChI is InChI=1S/C19H31N3O4S/c1-3-12(2)19(26)22-11-27-10-16(22)18(25)20-14-6-15(7-14)21(9-17(23)24)8-13-4-5-13/h12-16H,3-11H2,1-2H3,(H,20,25)(H,23,24). The SMILES string of the molecule is CCC(C)C(=O)N1CSCC1C(=O)NC1CC(N(CC(=O)O)CC2CC2)C1. The maximum Gasteiger partial charge on any atom is 0.317 e. The Morgan fingerprint density at radius 3 is 2.59 bits per heavy atom. The number of amides is 2. The molecule has 1 saturated heterocycles. The van der Waals surface area contributed by atoms with Crippen LogP contribution in [0.5, 0.6) is 0 Å². The van der Waals surface area contributed by atoms with Gasteiger partial charge >= 0.3 is 5.97 Å². The summed E-state index contributed by atoms with van der Waals surface area (Å²) in [7, 11) is 0. The van der Waals surface area contributed by atoms with E-state index < -0.39 is 5.97 Å². The van der Waals surface area contributed by atoms with Gasteiger partial charge in [-0.15, -0.1) is 11.8 Å². The maximum absolute atomic E-state index is 12.7. The molecule has 8 heteroatoms. The molecule has 152 valence electrons. The first-order valence-electron chi connectivity index (χ1n) is 10.0. The van der Waals surface area contributed by atoms with Crippen molar-refractivity contribution in [3.8, 4) is 0 Å². The van der Waals surface area contributed by atoms with E-state index in [-0.39, 0.29) is 42.4 Å². The highest BCUT2D eigenvalue weighted by Gasteiger charge is 2.41. The number of rotatable bonds is 9. The predicted octanol–water partition coefficient (Wildman–Crippen LogP) is 1.38. The normalized spacial score (nSPS) is 28.7. The first-order valence-corrected chi connectivity index (χ1v) is 11.2. The van der Waals surface area contributed by atoms with Crippen LogP contribution in [0, 0.1) is 11.8 Å². The number of nitrogens with one attached hydrogen (secondary N) is 1. The summed E-state index contributed by atoms with van der Waals surface area (Å²) in [6, 6.07) is -0.0518. The second-order valence-electron chi connectivity index (χ2n) is 8.23. The summed E-state index contributed by atoms with van der Waals surface area (Å²) in [4.78, 5) is 40.1. The fourth-order valence-electron chi connectivity index (χ4n) is 3.78. The Bertz CT molecular complexity index is 577. The Balaban J connectivity index is 1.47. The molecular weight excluding hydrogens is 366 g/mol. The summed E-state index contributed by atoms with van der Waals surface area (Å²) in [6.07, 6.45) is 4.76. The average molecular weight is 398 g/mol. The minimum Gasteiger partial charge on any atom is -0.480 e. The van der Waals surface area contributed by atoms with E-state index >= 15 is 0 Å². The van der Waals surface area contributed by atoms with Crippen LogP contribution in [0.1, 0.15) is 46.0 Å². The molecule has 3 fully saturated rings. The highest BCUT2D eigenvalue weighted by molar-refractivity contribution is 7.99. The number of carbonyl (C=O) groups excluding carboxylic acids is 2. The second kappa shape index (κ2) is 8.82. The lowest BCUT2D eigenvalue weighted by atomic mass is 9.85. The van der Waals surface area contributed by atoms with Crippen LogP contribution in [-0.4, -0.2) is 75.5 Å². The lowest BCUT2D eigenvalue weighted by Gasteiger charge is -2.43. The summed E-state index contributed by atoms with van der Waals surface area (Å²) < 4.78 is 0. The van der Waals surface area contributed by atoms with Crippen molar-refractivity contribution in [3.05, 3.63) is 0 Å². The van der Waals surface area contributed by atoms with Gasteiger partial charge in [0.05, 0.1) is 12.4 Å². The van der Waals surface area contributed by atoms with Crippen molar-refractivity contribution >= 4 is 29.5 Å². The molecule has 3 aliphatic rings. The number of aliphatic carboxylic acids is 1. The van der Waals surface area contributed by atoms with Gasteiger partial charge in [-0.3, -0.25) is 19.3 Å². The van der Waals surface area contributed by atoms with E-state index in [1.54, 1.807) is 16.7 Å². The van der Waals surface area contributed by atoms with Gasteiger partial charge in [-0.25, -0.2) is 0 Å². The molecule has 0 spiro atoms. The van der Waals surface area contributed by atoms with Crippen LogP contribution < -0.4 is 5.32 Å². The third-order valence-electron chi connectivity index (χ3n) is 6.01. The molecule has 2 saturated carbocycles. The quantitative estimate of drug-likeness (QED) is 0.611. The largest absolute Gasteiger partial charge is 0.480 e. The maximum atomic E-state index is 12.7. The molecule has 2 unspecified atom stereocenters. The molecule has 0 aromatic rings. The molecule has 0 radical (unpaired) electrons. The number of carbonyl (C=O) groups is 3. The van der Waals surface area contributed by atoms with Crippen LogP contribution in [0.15, 0.2) is 0 Å². The van der Waals surface area contributed by atoms with Gasteiger partial charge in [0.2, 0.25) is 11.8 Å². The molecule has 3 rings (SSSR count). The Labute approximate surface area is 165 Å². The van der Waals surface area contributed by atoms with Gasteiger partial charge in [0, 0.05) is 30.3 Å². The molecule has 0 aromatic carbocycles. The fourth-order valence-corrected chi connectivity index (χ4v) is 4.95. The molecule has 2 N–H and O–H groups in total. The first kappa shape index (κ1) is 20.5. The number of carboxylic acid groups (broad SMARTS) is 1. The van der Waals surface area contributed by atoms with E-state index in [2.05, 4.69) is 10.2 Å². The van der Waals surface area contributed by atoms with E-state index in [0.29, 0.717) is 17.5 Å². The van der Waals surface area contributed by atoms with Crippen molar-refractivity contribution in [1.82, 2.24) is 15.1 Å². The molecule has 1 heterocycles. The van der Waals surface area contributed by atoms with Crippen molar-refractivity contribution in [2.24, 2.45) is 11.8 Å². The minimum absolute atomic E-state index is 0.0564. The number of hydrogen-bond acceptors (Lipinski definition) is 5.